The lowest BCUT2D eigenvalue weighted by atomic mass is 9.94. The average molecular weight is 336 g/mol. The van der Waals surface area contributed by atoms with E-state index in [2.05, 4.69) is 4.90 Å². The normalized spacial score (nSPS) is 24.3. The number of hydrogen-bond acceptors (Lipinski definition) is 4. The van der Waals surface area contributed by atoms with Crippen molar-refractivity contribution in [3.8, 4) is 5.75 Å². The van der Waals surface area contributed by atoms with Gasteiger partial charge in [-0.1, -0.05) is 6.07 Å². The summed E-state index contributed by atoms with van der Waals surface area (Å²) in [7, 11) is 3.13. The molecule has 2 atom stereocenters. The van der Waals surface area contributed by atoms with Crippen LogP contribution < -0.4 is 4.74 Å². The zero-order valence-electron chi connectivity index (χ0n) is 14.3. The molecule has 1 aromatic rings. The molecule has 2 bridgehead atoms. The third-order valence-corrected chi connectivity index (χ3v) is 5.03. The first kappa shape index (κ1) is 17.2. The van der Waals surface area contributed by atoms with Crippen LogP contribution in [0.5, 0.6) is 5.75 Å². The van der Waals surface area contributed by atoms with Gasteiger partial charge in [-0.15, -0.1) is 0 Å². The Labute approximate surface area is 142 Å². The molecule has 1 aromatic carbocycles. The number of amides is 1. The van der Waals surface area contributed by atoms with E-state index in [0.29, 0.717) is 19.7 Å². The average Bonchev–Trinajstić information content (AvgIpc) is 2.85. The topological polar surface area (TPSA) is 42.0 Å². The molecule has 0 aliphatic carbocycles. The first-order valence-electron chi connectivity index (χ1n) is 8.46. The van der Waals surface area contributed by atoms with Crippen LogP contribution in [0, 0.1) is 11.7 Å². The molecule has 0 saturated carbocycles. The SMILES string of the molecule is COCCN1C(=O)[C@H]2CC[C@@H]1CN(Cc1ccc(F)c(OC)c1)C2. The highest BCUT2D eigenvalue weighted by molar-refractivity contribution is 5.80. The Balaban J connectivity index is 1.71. The van der Waals surface area contributed by atoms with E-state index in [1.54, 1.807) is 19.2 Å². The number of ether oxygens (including phenoxy) is 2. The van der Waals surface area contributed by atoms with Crippen molar-refractivity contribution in [3.05, 3.63) is 29.6 Å². The molecule has 5 nitrogen and oxygen atoms in total. The van der Waals surface area contributed by atoms with Crippen LogP contribution >= 0.6 is 0 Å². The number of hydrogen-bond donors (Lipinski definition) is 0. The first-order valence-corrected chi connectivity index (χ1v) is 8.46. The van der Waals surface area contributed by atoms with Gasteiger partial charge >= 0.3 is 0 Å². The first-order chi connectivity index (χ1) is 11.6. The lowest BCUT2D eigenvalue weighted by molar-refractivity contribution is -0.140. The van der Waals surface area contributed by atoms with Crippen LogP contribution in [0.15, 0.2) is 18.2 Å². The molecular formula is C18H25FN2O3. The van der Waals surface area contributed by atoms with E-state index in [0.717, 1.165) is 31.5 Å². The van der Waals surface area contributed by atoms with Gasteiger partial charge in [-0.2, -0.15) is 0 Å². The molecule has 3 saturated heterocycles. The smallest absolute Gasteiger partial charge is 0.227 e. The van der Waals surface area contributed by atoms with E-state index in [4.69, 9.17) is 9.47 Å². The maximum atomic E-state index is 13.6. The summed E-state index contributed by atoms with van der Waals surface area (Å²) in [5.41, 5.74) is 1.01. The van der Waals surface area contributed by atoms with Gasteiger partial charge in [0.1, 0.15) is 0 Å². The molecular weight excluding hydrogens is 311 g/mol. The lowest BCUT2D eigenvalue weighted by Gasteiger charge is -2.35. The van der Waals surface area contributed by atoms with Gasteiger partial charge in [0.15, 0.2) is 11.6 Å². The number of carbonyl (C=O) groups excluding carboxylic acids is 1. The fourth-order valence-corrected chi connectivity index (χ4v) is 3.80. The van der Waals surface area contributed by atoms with Crippen molar-refractivity contribution >= 4 is 5.91 Å². The number of fused-ring (bicyclic) bond motifs is 4. The summed E-state index contributed by atoms with van der Waals surface area (Å²) in [5.74, 6) is 0.228. The molecule has 0 aromatic heterocycles. The number of halogens is 1. The Morgan fingerprint density at radius 3 is 2.83 bits per heavy atom. The highest BCUT2D eigenvalue weighted by Gasteiger charge is 2.40. The minimum Gasteiger partial charge on any atom is -0.494 e. The molecule has 6 heteroatoms. The molecule has 24 heavy (non-hydrogen) atoms. The van der Waals surface area contributed by atoms with Gasteiger partial charge < -0.3 is 14.4 Å². The minimum atomic E-state index is -0.349. The maximum Gasteiger partial charge on any atom is 0.227 e. The number of rotatable bonds is 6. The van der Waals surface area contributed by atoms with Crippen molar-refractivity contribution in [1.29, 1.82) is 0 Å². The predicted molar refractivity (Wildman–Crippen MR) is 88.3 cm³/mol. The quantitative estimate of drug-likeness (QED) is 0.796. The van der Waals surface area contributed by atoms with Crippen LogP contribution in [0.1, 0.15) is 18.4 Å². The minimum absolute atomic E-state index is 0.0583. The second-order valence-corrected chi connectivity index (χ2v) is 6.62. The van der Waals surface area contributed by atoms with Crippen molar-refractivity contribution in [1.82, 2.24) is 9.80 Å². The van der Waals surface area contributed by atoms with E-state index in [-0.39, 0.29) is 29.4 Å². The maximum absolute atomic E-state index is 13.6. The summed E-state index contributed by atoms with van der Waals surface area (Å²) in [6, 6.07) is 5.21. The fourth-order valence-electron chi connectivity index (χ4n) is 3.80. The molecule has 0 N–H and O–H groups in total. The van der Waals surface area contributed by atoms with E-state index >= 15 is 0 Å². The van der Waals surface area contributed by atoms with Crippen molar-refractivity contribution in [3.63, 3.8) is 0 Å². The van der Waals surface area contributed by atoms with Crippen LogP contribution in [0.3, 0.4) is 0 Å². The monoisotopic (exact) mass is 336 g/mol. The third-order valence-electron chi connectivity index (χ3n) is 5.03. The highest BCUT2D eigenvalue weighted by atomic mass is 19.1. The lowest BCUT2D eigenvalue weighted by Crippen LogP contribution is -2.49. The van der Waals surface area contributed by atoms with Crippen molar-refractivity contribution in [2.45, 2.75) is 25.4 Å². The van der Waals surface area contributed by atoms with Gasteiger partial charge in [0.25, 0.3) is 0 Å². The second-order valence-electron chi connectivity index (χ2n) is 6.62. The zero-order chi connectivity index (χ0) is 17.1. The summed E-state index contributed by atoms with van der Waals surface area (Å²) in [5, 5.41) is 0. The molecule has 3 aliphatic heterocycles. The second kappa shape index (κ2) is 7.49. The molecule has 0 unspecified atom stereocenters. The van der Waals surface area contributed by atoms with Crippen molar-refractivity contribution in [2.75, 3.05) is 40.5 Å². The number of carbonyl (C=O) groups is 1. The van der Waals surface area contributed by atoms with E-state index in [1.165, 1.54) is 13.2 Å². The molecule has 3 aliphatic rings. The highest BCUT2D eigenvalue weighted by Crippen LogP contribution is 2.30. The van der Waals surface area contributed by atoms with Gasteiger partial charge in [-0.3, -0.25) is 9.69 Å². The van der Waals surface area contributed by atoms with Gasteiger partial charge in [0, 0.05) is 39.3 Å². The van der Waals surface area contributed by atoms with Gasteiger partial charge in [0.2, 0.25) is 5.91 Å². The van der Waals surface area contributed by atoms with Gasteiger partial charge in [0.05, 0.1) is 19.6 Å². The predicted octanol–water partition coefficient (Wildman–Crippen LogP) is 1.90. The van der Waals surface area contributed by atoms with Crippen LogP contribution in [0.2, 0.25) is 0 Å². The molecule has 132 valence electrons. The molecule has 3 heterocycles. The summed E-state index contributed by atoms with van der Waals surface area (Å²) in [6.45, 7) is 3.55. The van der Waals surface area contributed by atoms with Crippen LogP contribution in [-0.4, -0.2) is 62.2 Å². The van der Waals surface area contributed by atoms with Crippen LogP contribution in [0.4, 0.5) is 4.39 Å². The van der Waals surface area contributed by atoms with Gasteiger partial charge in [-0.05, 0) is 30.5 Å². The molecule has 0 spiro atoms. The summed E-state index contributed by atoms with van der Waals surface area (Å²) < 4.78 is 23.8. The summed E-state index contributed by atoms with van der Waals surface area (Å²) >= 11 is 0. The summed E-state index contributed by atoms with van der Waals surface area (Å²) in [6.07, 6.45) is 2.00. The Bertz CT molecular complexity index is 596. The van der Waals surface area contributed by atoms with Crippen molar-refractivity contribution < 1.29 is 18.7 Å². The van der Waals surface area contributed by atoms with Crippen LogP contribution in [0.25, 0.3) is 0 Å². The third kappa shape index (κ3) is 3.54. The van der Waals surface area contributed by atoms with E-state index in [9.17, 15) is 9.18 Å². The zero-order valence-corrected chi connectivity index (χ0v) is 14.3. The Hall–Kier alpha value is -1.66. The molecule has 3 fully saturated rings. The molecule has 1 amide bonds. The Morgan fingerprint density at radius 2 is 2.08 bits per heavy atom. The molecule has 0 radical (unpaired) electrons. The van der Waals surface area contributed by atoms with E-state index in [1.807, 2.05) is 4.90 Å². The largest absolute Gasteiger partial charge is 0.494 e. The number of methoxy groups -OCH3 is 2. The molecule has 4 rings (SSSR count). The van der Waals surface area contributed by atoms with Gasteiger partial charge in [-0.25, -0.2) is 4.39 Å². The van der Waals surface area contributed by atoms with E-state index < -0.39 is 0 Å². The number of benzene rings is 1. The Kier molecular flexibility index (Phi) is 5.36. The fraction of sp³-hybridized carbons (Fsp3) is 0.611. The summed E-state index contributed by atoms with van der Waals surface area (Å²) in [4.78, 5) is 16.9. The standard InChI is InChI=1S/C18H25FN2O3/c1-23-8-7-21-15-5-4-14(18(21)22)11-20(12-15)10-13-3-6-16(19)17(9-13)24-2/h3,6,9,14-15H,4-5,7-8,10-12H2,1-2H3/t14-,15+/m0/s1. The van der Waals surface area contributed by atoms with Crippen LogP contribution in [-0.2, 0) is 16.1 Å². The number of nitrogens with zero attached hydrogens (tertiary/aromatic N) is 2. The Morgan fingerprint density at radius 1 is 1.25 bits per heavy atom. The number of piperidine rings is 1. The van der Waals surface area contributed by atoms with Crippen molar-refractivity contribution in [2.24, 2.45) is 5.92 Å².